The minimum absolute atomic E-state index is 0.0642. The molecule has 2 heteroatoms. The first-order chi connectivity index (χ1) is 4.46. The standard InChI is InChI=1S/C8H14N2/c1-6-8(3,4)7(2)10(5)9-6/h2H2,1,3-5H3. The topological polar surface area (TPSA) is 15.6 Å². The monoisotopic (exact) mass is 138 g/mol. The van der Waals surface area contributed by atoms with Crippen molar-refractivity contribution in [2.45, 2.75) is 20.8 Å². The highest BCUT2D eigenvalue weighted by Gasteiger charge is 2.33. The highest BCUT2D eigenvalue weighted by molar-refractivity contribution is 5.91. The molecule has 0 amide bonds. The van der Waals surface area contributed by atoms with Crippen LogP contribution in [0, 0.1) is 5.41 Å². The quantitative estimate of drug-likeness (QED) is 0.498. The van der Waals surface area contributed by atoms with E-state index in [1.54, 1.807) is 0 Å². The molecule has 1 aliphatic rings. The summed E-state index contributed by atoms with van der Waals surface area (Å²) in [5.41, 5.74) is 2.28. The van der Waals surface area contributed by atoms with Gasteiger partial charge in [0.1, 0.15) is 0 Å². The van der Waals surface area contributed by atoms with E-state index in [1.807, 2.05) is 19.0 Å². The molecule has 0 radical (unpaired) electrons. The van der Waals surface area contributed by atoms with Crippen molar-refractivity contribution < 1.29 is 0 Å². The lowest BCUT2D eigenvalue weighted by molar-refractivity contribution is 0.412. The molecule has 0 aromatic rings. The van der Waals surface area contributed by atoms with Gasteiger partial charge in [0.2, 0.25) is 0 Å². The fourth-order valence-corrected chi connectivity index (χ4v) is 1.02. The maximum Gasteiger partial charge on any atom is 0.0469 e. The fourth-order valence-electron chi connectivity index (χ4n) is 1.02. The summed E-state index contributed by atoms with van der Waals surface area (Å²) in [6.45, 7) is 10.3. The lowest BCUT2D eigenvalue weighted by atomic mass is 9.86. The summed E-state index contributed by atoms with van der Waals surface area (Å²) in [5, 5.41) is 6.12. The maximum absolute atomic E-state index is 4.27. The summed E-state index contributed by atoms with van der Waals surface area (Å²) >= 11 is 0. The number of rotatable bonds is 0. The zero-order chi connectivity index (χ0) is 7.94. The van der Waals surface area contributed by atoms with Gasteiger partial charge >= 0.3 is 0 Å². The van der Waals surface area contributed by atoms with Gasteiger partial charge in [-0.1, -0.05) is 6.58 Å². The molecule has 0 aromatic heterocycles. The van der Waals surface area contributed by atoms with E-state index in [-0.39, 0.29) is 5.41 Å². The molecular formula is C8H14N2. The molecule has 1 heterocycles. The first kappa shape index (κ1) is 7.32. The Labute approximate surface area is 62.2 Å². The summed E-state index contributed by atoms with van der Waals surface area (Å²) < 4.78 is 0. The van der Waals surface area contributed by atoms with Gasteiger partial charge in [0.15, 0.2) is 0 Å². The highest BCUT2D eigenvalue weighted by Crippen LogP contribution is 2.34. The molecule has 0 fully saturated rings. The van der Waals surface area contributed by atoms with E-state index in [0.717, 1.165) is 11.4 Å². The van der Waals surface area contributed by atoms with Gasteiger partial charge < -0.3 is 0 Å². The predicted molar refractivity (Wildman–Crippen MR) is 43.8 cm³/mol. The van der Waals surface area contributed by atoms with E-state index in [4.69, 9.17) is 0 Å². The molecule has 0 spiro atoms. The van der Waals surface area contributed by atoms with Gasteiger partial charge in [0.05, 0.1) is 0 Å². The Hall–Kier alpha value is -0.790. The van der Waals surface area contributed by atoms with Crippen LogP contribution in [0.15, 0.2) is 17.4 Å². The zero-order valence-corrected chi connectivity index (χ0v) is 7.10. The third kappa shape index (κ3) is 0.753. The van der Waals surface area contributed by atoms with Gasteiger partial charge in [-0.25, -0.2) is 0 Å². The van der Waals surface area contributed by atoms with Crippen molar-refractivity contribution in [3.05, 3.63) is 12.3 Å². The molecule has 10 heavy (non-hydrogen) atoms. The first-order valence-electron chi connectivity index (χ1n) is 3.45. The van der Waals surface area contributed by atoms with Crippen LogP contribution in [0.4, 0.5) is 0 Å². The molecule has 0 N–H and O–H groups in total. The summed E-state index contributed by atoms with van der Waals surface area (Å²) in [6, 6.07) is 0. The van der Waals surface area contributed by atoms with Gasteiger partial charge in [-0.3, -0.25) is 5.01 Å². The molecule has 0 saturated carbocycles. The number of hydrogen-bond donors (Lipinski definition) is 0. The molecule has 2 nitrogen and oxygen atoms in total. The largest absolute Gasteiger partial charge is 0.272 e. The van der Waals surface area contributed by atoms with Gasteiger partial charge in [-0.2, -0.15) is 5.10 Å². The van der Waals surface area contributed by atoms with Crippen LogP contribution in [0.3, 0.4) is 0 Å². The van der Waals surface area contributed by atoms with Crippen molar-refractivity contribution in [1.29, 1.82) is 0 Å². The average Bonchev–Trinajstić information content (AvgIpc) is 1.97. The molecule has 0 aromatic carbocycles. The third-order valence-corrected chi connectivity index (χ3v) is 2.32. The van der Waals surface area contributed by atoms with Crippen LogP contribution in [-0.4, -0.2) is 17.8 Å². The molecule has 56 valence electrons. The lowest BCUT2D eigenvalue weighted by Crippen LogP contribution is -2.21. The van der Waals surface area contributed by atoms with Crippen LogP contribution in [0.5, 0.6) is 0 Å². The second kappa shape index (κ2) is 1.84. The van der Waals surface area contributed by atoms with E-state index >= 15 is 0 Å². The molecule has 0 saturated heterocycles. The van der Waals surface area contributed by atoms with Crippen LogP contribution in [0.25, 0.3) is 0 Å². The number of hydrogen-bond acceptors (Lipinski definition) is 2. The second-order valence-corrected chi connectivity index (χ2v) is 3.28. The van der Waals surface area contributed by atoms with E-state index < -0.39 is 0 Å². The van der Waals surface area contributed by atoms with Crippen molar-refractivity contribution in [3.8, 4) is 0 Å². The van der Waals surface area contributed by atoms with Crippen molar-refractivity contribution in [3.63, 3.8) is 0 Å². The molecule has 0 unspecified atom stereocenters. The van der Waals surface area contributed by atoms with Gasteiger partial charge in [-0.15, -0.1) is 0 Å². The normalized spacial score (nSPS) is 23.4. The van der Waals surface area contributed by atoms with Crippen molar-refractivity contribution in [2.75, 3.05) is 7.05 Å². The SMILES string of the molecule is C=C1N(C)N=C(C)C1(C)C. The lowest BCUT2D eigenvalue weighted by Gasteiger charge is -2.20. The smallest absolute Gasteiger partial charge is 0.0469 e. The highest BCUT2D eigenvalue weighted by atomic mass is 15.5. The summed E-state index contributed by atoms with van der Waals surface area (Å²) in [6.07, 6.45) is 0. The van der Waals surface area contributed by atoms with E-state index in [1.165, 1.54) is 0 Å². The van der Waals surface area contributed by atoms with Gasteiger partial charge in [0, 0.05) is 23.9 Å². The molecule has 1 rings (SSSR count). The minimum Gasteiger partial charge on any atom is -0.272 e. The van der Waals surface area contributed by atoms with Crippen LogP contribution in [0.2, 0.25) is 0 Å². The third-order valence-electron chi connectivity index (χ3n) is 2.32. The van der Waals surface area contributed by atoms with Crippen LogP contribution < -0.4 is 0 Å². The van der Waals surface area contributed by atoms with Crippen molar-refractivity contribution in [1.82, 2.24) is 5.01 Å². The average molecular weight is 138 g/mol. The van der Waals surface area contributed by atoms with E-state index in [0.29, 0.717) is 0 Å². The Kier molecular flexibility index (Phi) is 1.35. The van der Waals surface area contributed by atoms with Gasteiger partial charge in [-0.05, 0) is 20.8 Å². The number of nitrogens with zero attached hydrogens (tertiary/aromatic N) is 2. The first-order valence-corrected chi connectivity index (χ1v) is 3.45. The molecule has 0 aliphatic carbocycles. The van der Waals surface area contributed by atoms with Crippen molar-refractivity contribution in [2.24, 2.45) is 10.5 Å². The van der Waals surface area contributed by atoms with Crippen LogP contribution in [-0.2, 0) is 0 Å². The molecule has 0 atom stereocenters. The van der Waals surface area contributed by atoms with Crippen LogP contribution in [0.1, 0.15) is 20.8 Å². The summed E-state index contributed by atoms with van der Waals surface area (Å²) in [5.74, 6) is 0. The Bertz CT molecular complexity index is 201. The second-order valence-electron chi connectivity index (χ2n) is 3.28. The molecule has 0 bridgehead atoms. The molecular weight excluding hydrogens is 124 g/mol. The van der Waals surface area contributed by atoms with Crippen molar-refractivity contribution >= 4 is 5.71 Å². The summed E-state index contributed by atoms with van der Waals surface area (Å²) in [7, 11) is 1.93. The van der Waals surface area contributed by atoms with Crippen LogP contribution >= 0.6 is 0 Å². The van der Waals surface area contributed by atoms with E-state index in [9.17, 15) is 0 Å². The predicted octanol–water partition coefficient (Wildman–Crippen LogP) is 1.85. The summed E-state index contributed by atoms with van der Waals surface area (Å²) in [4.78, 5) is 0. The molecule has 1 aliphatic heterocycles. The Balaban J connectivity index is 3.00. The number of hydrazone groups is 1. The number of allylic oxidation sites excluding steroid dienone is 1. The maximum atomic E-state index is 4.27. The minimum atomic E-state index is 0.0642. The van der Waals surface area contributed by atoms with Gasteiger partial charge in [0.25, 0.3) is 0 Å². The Morgan fingerprint density at radius 2 is 2.00 bits per heavy atom. The van der Waals surface area contributed by atoms with E-state index in [2.05, 4.69) is 25.5 Å². The zero-order valence-electron chi connectivity index (χ0n) is 7.10. The Morgan fingerprint density at radius 1 is 1.50 bits per heavy atom. The Morgan fingerprint density at radius 3 is 2.10 bits per heavy atom. The fraction of sp³-hybridized carbons (Fsp3) is 0.625.